The fraction of sp³-hybridized carbons (Fsp3) is 0.250. The SMILES string of the molecule is O=C(/C=C(\O)c1ccccc1)C(F)(F)C(F)(F)C(F)(F)F. The lowest BCUT2D eigenvalue weighted by molar-refractivity contribution is -0.342. The molecule has 1 rings (SSSR count). The number of aliphatic hydroxyl groups excluding tert-OH is 1. The van der Waals surface area contributed by atoms with Crippen molar-refractivity contribution in [2.45, 2.75) is 18.0 Å². The summed E-state index contributed by atoms with van der Waals surface area (Å²) in [5, 5.41) is 9.30. The van der Waals surface area contributed by atoms with Crippen LogP contribution in [0, 0.1) is 0 Å². The predicted octanol–water partition coefficient (Wildman–Crippen LogP) is 3.99. The van der Waals surface area contributed by atoms with E-state index >= 15 is 0 Å². The summed E-state index contributed by atoms with van der Waals surface area (Å²) < 4.78 is 86.8. The van der Waals surface area contributed by atoms with E-state index in [1.807, 2.05) is 0 Å². The Kier molecular flexibility index (Phi) is 4.35. The van der Waals surface area contributed by atoms with Crippen molar-refractivity contribution >= 4 is 11.5 Å². The van der Waals surface area contributed by atoms with Crippen LogP contribution in [0.5, 0.6) is 0 Å². The van der Waals surface area contributed by atoms with Gasteiger partial charge in [0.15, 0.2) is 0 Å². The van der Waals surface area contributed by atoms with E-state index in [1.54, 1.807) is 0 Å². The molecule has 0 aliphatic rings. The minimum atomic E-state index is -6.61. The van der Waals surface area contributed by atoms with Gasteiger partial charge < -0.3 is 5.11 Å². The summed E-state index contributed by atoms with van der Waals surface area (Å²) in [6, 6.07) is 6.39. The molecule has 0 aromatic heterocycles. The normalized spacial score (nSPS) is 14.1. The van der Waals surface area contributed by atoms with Gasteiger partial charge in [0.1, 0.15) is 5.76 Å². The second kappa shape index (κ2) is 5.38. The Labute approximate surface area is 113 Å². The van der Waals surface area contributed by atoms with Crippen molar-refractivity contribution in [1.29, 1.82) is 0 Å². The van der Waals surface area contributed by atoms with Gasteiger partial charge in [-0.15, -0.1) is 0 Å². The summed E-state index contributed by atoms with van der Waals surface area (Å²) >= 11 is 0. The Morgan fingerprint density at radius 2 is 1.43 bits per heavy atom. The molecule has 1 aromatic carbocycles. The number of rotatable bonds is 4. The van der Waals surface area contributed by atoms with Gasteiger partial charge in [-0.1, -0.05) is 30.3 Å². The van der Waals surface area contributed by atoms with Crippen molar-refractivity contribution < 1.29 is 40.6 Å². The lowest BCUT2D eigenvalue weighted by atomic mass is 10.0. The van der Waals surface area contributed by atoms with Crippen molar-refractivity contribution in [2.24, 2.45) is 0 Å². The highest BCUT2D eigenvalue weighted by atomic mass is 19.4. The summed E-state index contributed by atoms with van der Waals surface area (Å²) in [5.41, 5.74) is -0.197. The van der Waals surface area contributed by atoms with Crippen molar-refractivity contribution in [2.75, 3.05) is 0 Å². The molecule has 1 N–H and O–H groups in total. The molecule has 0 atom stereocenters. The van der Waals surface area contributed by atoms with Gasteiger partial charge in [-0.05, 0) is 0 Å². The van der Waals surface area contributed by atoms with E-state index in [9.17, 15) is 40.6 Å². The fourth-order valence-electron chi connectivity index (χ4n) is 1.24. The van der Waals surface area contributed by atoms with E-state index < -0.39 is 29.6 Å². The molecule has 2 nitrogen and oxygen atoms in total. The predicted molar refractivity (Wildman–Crippen MR) is 58.0 cm³/mol. The van der Waals surface area contributed by atoms with E-state index in [0.29, 0.717) is 0 Å². The van der Waals surface area contributed by atoms with Crippen LogP contribution in [0.3, 0.4) is 0 Å². The van der Waals surface area contributed by atoms with Crippen molar-refractivity contribution in [3.05, 3.63) is 42.0 Å². The molecule has 21 heavy (non-hydrogen) atoms. The summed E-state index contributed by atoms with van der Waals surface area (Å²) in [7, 11) is 0. The van der Waals surface area contributed by atoms with Crippen LogP contribution in [-0.2, 0) is 4.79 Å². The van der Waals surface area contributed by atoms with E-state index in [0.717, 1.165) is 12.1 Å². The molecule has 0 saturated heterocycles. The second-order valence-corrected chi connectivity index (χ2v) is 3.91. The number of carbonyl (C=O) groups excluding carboxylic acids is 1. The van der Waals surface area contributed by atoms with E-state index in [4.69, 9.17) is 0 Å². The molecule has 0 fully saturated rings. The molecule has 0 saturated carbocycles. The van der Waals surface area contributed by atoms with Gasteiger partial charge in [0, 0.05) is 11.6 Å². The highest BCUT2D eigenvalue weighted by Gasteiger charge is 2.75. The van der Waals surface area contributed by atoms with E-state index in [2.05, 4.69) is 0 Å². The molecule has 0 aliphatic heterocycles. The Bertz CT molecular complexity index is 546. The monoisotopic (exact) mass is 316 g/mol. The molecule has 0 unspecified atom stereocenters. The van der Waals surface area contributed by atoms with Crippen molar-refractivity contribution in [3.8, 4) is 0 Å². The molecule has 1 aromatic rings. The Hall–Kier alpha value is -2.06. The lowest BCUT2D eigenvalue weighted by Crippen LogP contribution is -2.55. The Balaban J connectivity index is 3.13. The molecule has 0 amide bonds. The molecule has 0 aliphatic carbocycles. The quantitative estimate of drug-likeness (QED) is 0.518. The minimum Gasteiger partial charge on any atom is -0.507 e. The molecule has 0 bridgehead atoms. The number of aliphatic hydroxyl groups is 1. The van der Waals surface area contributed by atoms with Crippen LogP contribution in [0.4, 0.5) is 30.7 Å². The summed E-state index contributed by atoms with van der Waals surface area (Å²) in [4.78, 5) is 11.0. The second-order valence-electron chi connectivity index (χ2n) is 3.91. The van der Waals surface area contributed by atoms with Gasteiger partial charge in [-0.2, -0.15) is 30.7 Å². The number of allylic oxidation sites excluding steroid dienone is 1. The van der Waals surface area contributed by atoms with Gasteiger partial charge in [0.2, 0.25) is 5.78 Å². The van der Waals surface area contributed by atoms with Gasteiger partial charge in [-0.25, -0.2) is 0 Å². The average Bonchev–Trinajstić information content (AvgIpc) is 2.38. The zero-order valence-corrected chi connectivity index (χ0v) is 9.97. The molecule has 0 spiro atoms. The minimum absolute atomic E-state index is 0.197. The number of hydrogen-bond acceptors (Lipinski definition) is 2. The van der Waals surface area contributed by atoms with Crippen molar-refractivity contribution in [1.82, 2.24) is 0 Å². The highest BCUT2D eigenvalue weighted by Crippen LogP contribution is 2.47. The number of ketones is 1. The first-order valence-electron chi connectivity index (χ1n) is 5.24. The molecular weight excluding hydrogens is 309 g/mol. The summed E-state index contributed by atoms with van der Waals surface area (Å²) in [6.45, 7) is 0. The third kappa shape index (κ3) is 3.17. The zero-order chi connectivity index (χ0) is 16.5. The van der Waals surface area contributed by atoms with Crippen LogP contribution in [0.15, 0.2) is 36.4 Å². The average molecular weight is 316 g/mol. The zero-order valence-electron chi connectivity index (χ0n) is 9.97. The summed E-state index contributed by atoms with van der Waals surface area (Å²) in [6.07, 6.45) is -6.97. The number of alkyl halides is 7. The first-order valence-corrected chi connectivity index (χ1v) is 5.24. The van der Waals surface area contributed by atoms with Gasteiger partial charge in [0.25, 0.3) is 0 Å². The number of benzene rings is 1. The number of carbonyl (C=O) groups is 1. The Morgan fingerprint density at radius 3 is 1.86 bits per heavy atom. The maximum atomic E-state index is 13.0. The molecular formula is C12H7F7O2. The van der Waals surface area contributed by atoms with Gasteiger partial charge in [0.05, 0.1) is 0 Å². The first-order chi connectivity index (χ1) is 9.41. The molecule has 0 radical (unpaired) electrons. The number of halogens is 7. The standard InChI is InChI=1S/C12H7F7O2/c13-10(14,11(15,16)12(17,18)19)9(21)6-8(20)7-4-2-1-3-5-7/h1-6,20H/b8-6-. The van der Waals surface area contributed by atoms with Crippen LogP contribution in [-0.4, -0.2) is 28.9 Å². The van der Waals surface area contributed by atoms with Gasteiger partial charge >= 0.3 is 18.0 Å². The van der Waals surface area contributed by atoms with Crippen LogP contribution in [0.1, 0.15) is 5.56 Å². The third-order valence-corrected chi connectivity index (χ3v) is 2.40. The first kappa shape index (κ1) is 17.0. The molecule has 0 heterocycles. The molecule has 9 heteroatoms. The topological polar surface area (TPSA) is 37.3 Å². The van der Waals surface area contributed by atoms with Crippen LogP contribution in [0.2, 0.25) is 0 Å². The maximum Gasteiger partial charge on any atom is 0.460 e. The van der Waals surface area contributed by atoms with E-state index in [-0.39, 0.29) is 11.6 Å². The van der Waals surface area contributed by atoms with Gasteiger partial charge in [-0.3, -0.25) is 4.79 Å². The number of hydrogen-bond donors (Lipinski definition) is 1. The van der Waals surface area contributed by atoms with Crippen LogP contribution in [0.25, 0.3) is 5.76 Å². The summed E-state index contributed by atoms with van der Waals surface area (Å²) in [5.74, 6) is -16.6. The van der Waals surface area contributed by atoms with E-state index in [1.165, 1.54) is 18.2 Å². The Morgan fingerprint density at radius 1 is 0.952 bits per heavy atom. The van der Waals surface area contributed by atoms with Crippen LogP contribution >= 0.6 is 0 Å². The highest BCUT2D eigenvalue weighted by molar-refractivity contribution is 6.01. The largest absolute Gasteiger partial charge is 0.507 e. The van der Waals surface area contributed by atoms with Crippen molar-refractivity contribution in [3.63, 3.8) is 0 Å². The molecule has 116 valence electrons. The van der Waals surface area contributed by atoms with Crippen LogP contribution < -0.4 is 0 Å². The lowest BCUT2D eigenvalue weighted by Gasteiger charge is -2.26. The maximum absolute atomic E-state index is 13.0. The smallest absolute Gasteiger partial charge is 0.460 e. The fourth-order valence-corrected chi connectivity index (χ4v) is 1.24. The third-order valence-electron chi connectivity index (χ3n) is 2.40.